The number of aromatic nitrogens is 2. The number of aryl methyl sites for hydroxylation is 1. The Balaban J connectivity index is 1.64. The number of sulfonamides is 1. The molecule has 4 aromatic rings. The fourth-order valence-corrected chi connectivity index (χ4v) is 4.52. The number of amides is 1. The quantitative estimate of drug-likeness (QED) is 0.419. The summed E-state index contributed by atoms with van der Waals surface area (Å²) in [6, 6.07) is 16.4. The van der Waals surface area contributed by atoms with Crippen molar-refractivity contribution in [3.05, 3.63) is 89.4 Å². The molecule has 0 bridgehead atoms. The molecule has 1 N–H and O–H groups in total. The van der Waals surface area contributed by atoms with E-state index in [9.17, 15) is 26.4 Å². The maximum atomic E-state index is 14.3. The third-order valence-electron chi connectivity index (χ3n) is 5.03. The zero-order chi connectivity index (χ0) is 24.5. The van der Waals surface area contributed by atoms with Crippen LogP contribution in [0.5, 0.6) is 5.75 Å². The van der Waals surface area contributed by atoms with Crippen LogP contribution in [0.25, 0.3) is 10.9 Å². The topological polar surface area (TPSA) is 90.3 Å². The van der Waals surface area contributed by atoms with E-state index in [4.69, 9.17) is 0 Å². The standard InChI is InChI=1S/C23H18F3N3O4S/c1-14-5-4-8-19(20(14)24)34(31,32)28-22(30)21-17-6-2-3-7-18(17)29(27-21)13-15-9-11-16(12-10-15)33-23(25)26/h2-12,23H,13H2,1H3,(H,28,30). The van der Waals surface area contributed by atoms with E-state index in [-0.39, 0.29) is 23.6 Å². The number of para-hydroxylation sites is 1. The first-order chi connectivity index (χ1) is 16.2. The van der Waals surface area contributed by atoms with Gasteiger partial charge in [0.25, 0.3) is 15.9 Å². The maximum Gasteiger partial charge on any atom is 0.387 e. The number of halogens is 3. The summed E-state index contributed by atoms with van der Waals surface area (Å²) in [4.78, 5) is 12.2. The molecule has 0 aliphatic rings. The Bertz CT molecular complexity index is 1470. The van der Waals surface area contributed by atoms with Gasteiger partial charge in [0.1, 0.15) is 16.5 Å². The molecular formula is C23H18F3N3O4S. The van der Waals surface area contributed by atoms with Crippen molar-refractivity contribution in [3.8, 4) is 5.75 Å². The van der Waals surface area contributed by atoms with Crippen molar-refractivity contribution in [3.63, 3.8) is 0 Å². The van der Waals surface area contributed by atoms with Crippen LogP contribution in [-0.2, 0) is 16.6 Å². The van der Waals surface area contributed by atoms with E-state index in [1.54, 1.807) is 36.4 Å². The average molecular weight is 489 g/mol. The van der Waals surface area contributed by atoms with Gasteiger partial charge in [0, 0.05) is 5.39 Å². The third-order valence-corrected chi connectivity index (χ3v) is 6.38. The molecule has 11 heteroatoms. The largest absolute Gasteiger partial charge is 0.435 e. The third kappa shape index (κ3) is 4.74. The lowest BCUT2D eigenvalue weighted by molar-refractivity contribution is -0.0498. The van der Waals surface area contributed by atoms with Crippen molar-refractivity contribution in [1.29, 1.82) is 0 Å². The van der Waals surface area contributed by atoms with Gasteiger partial charge in [-0.25, -0.2) is 17.5 Å². The van der Waals surface area contributed by atoms with Gasteiger partial charge in [0.15, 0.2) is 5.69 Å². The molecule has 0 unspecified atom stereocenters. The monoisotopic (exact) mass is 489 g/mol. The lowest BCUT2D eigenvalue weighted by atomic mass is 10.2. The predicted octanol–water partition coefficient (Wildman–Crippen LogP) is 4.25. The van der Waals surface area contributed by atoms with Crippen molar-refractivity contribution < 1.29 is 31.1 Å². The van der Waals surface area contributed by atoms with Gasteiger partial charge in [0.2, 0.25) is 0 Å². The SMILES string of the molecule is Cc1cccc(S(=O)(=O)NC(=O)c2nn(Cc3ccc(OC(F)F)cc3)c3ccccc23)c1F. The second kappa shape index (κ2) is 9.18. The van der Waals surface area contributed by atoms with Crippen LogP contribution >= 0.6 is 0 Å². The highest BCUT2D eigenvalue weighted by atomic mass is 32.2. The molecule has 0 saturated heterocycles. The summed E-state index contributed by atoms with van der Waals surface area (Å²) in [6.07, 6.45) is 0. The molecule has 0 radical (unpaired) electrons. The van der Waals surface area contributed by atoms with Crippen LogP contribution in [0.1, 0.15) is 21.6 Å². The van der Waals surface area contributed by atoms with Crippen LogP contribution in [0.4, 0.5) is 13.2 Å². The van der Waals surface area contributed by atoms with Crippen LogP contribution in [0.2, 0.25) is 0 Å². The number of nitrogens with zero attached hydrogens (tertiary/aromatic N) is 2. The number of nitrogens with one attached hydrogen (secondary N) is 1. The van der Waals surface area contributed by atoms with Crippen LogP contribution in [0.3, 0.4) is 0 Å². The van der Waals surface area contributed by atoms with E-state index in [1.165, 1.54) is 35.9 Å². The van der Waals surface area contributed by atoms with Gasteiger partial charge in [-0.3, -0.25) is 9.48 Å². The van der Waals surface area contributed by atoms with Gasteiger partial charge in [-0.1, -0.05) is 42.5 Å². The molecule has 0 spiro atoms. The summed E-state index contributed by atoms with van der Waals surface area (Å²) in [7, 11) is -4.49. The minimum atomic E-state index is -4.49. The number of carbonyl (C=O) groups is 1. The van der Waals surface area contributed by atoms with Gasteiger partial charge in [-0.2, -0.15) is 13.9 Å². The van der Waals surface area contributed by atoms with Crippen molar-refractivity contribution >= 4 is 26.8 Å². The second-order valence-electron chi connectivity index (χ2n) is 7.37. The maximum absolute atomic E-state index is 14.3. The fraction of sp³-hybridized carbons (Fsp3) is 0.130. The fourth-order valence-electron chi connectivity index (χ4n) is 3.42. The predicted molar refractivity (Wildman–Crippen MR) is 118 cm³/mol. The van der Waals surface area contributed by atoms with Crippen LogP contribution in [0.15, 0.2) is 71.6 Å². The summed E-state index contributed by atoms with van der Waals surface area (Å²) in [5.41, 5.74) is 1.18. The Morgan fingerprint density at radius 1 is 1.06 bits per heavy atom. The van der Waals surface area contributed by atoms with Gasteiger partial charge in [-0.15, -0.1) is 0 Å². The lowest BCUT2D eigenvalue weighted by Crippen LogP contribution is -2.31. The van der Waals surface area contributed by atoms with Gasteiger partial charge in [0.05, 0.1) is 12.1 Å². The number of carbonyl (C=O) groups excluding carboxylic acids is 1. The molecule has 0 aliphatic heterocycles. The summed E-state index contributed by atoms with van der Waals surface area (Å²) >= 11 is 0. The van der Waals surface area contributed by atoms with E-state index < -0.39 is 33.3 Å². The van der Waals surface area contributed by atoms with Gasteiger partial charge < -0.3 is 4.74 Å². The second-order valence-corrected chi connectivity index (χ2v) is 9.02. The zero-order valence-electron chi connectivity index (χ0n) is 17.7. The molecule has 176 valence electrons. The molecule has 0 fully saturated rings. The number of hydrogen-bond acceptors (Lipinski definition) is 5. The summed E-state index contributed by atoms with van der Waals surface area (Å²) in [6.45, 7) is -1.36. The smallest absolute Gasteiger partial charge is 0.387 e. The minimum Gasteiger partial charge on any atom is -0.435 e. The Morgan fingerprint density at radius 3 is 2.47 bits per heavy atom. The summed E-state index contributed by atoms with van der Waals surface area (Å²) in [5, 5.41) is 4.65. The zero-order valence-corrected chi connectivity index (χ0v) is 18.5. The molecule has 3 aromatic carbocycles. The molecule has 1 heterocycles. The molecule has 34 heavy (non-hydrogen) atoms. The molecule has 0 aliphatic carbocycles. The molecule has 4 rings (SSSR count). The van der Waals surface area contributed by atoms with Crippen molar-refractivity contribution in [2.75, 3.05) is 0 Å². The average Bonchev–Trinajstić information content (AvgIpc) is 3.15. The normalized spacial score (nSPS) is 11.7. The number of benzene rings is 3. The molecular weight excluding hydrogens is 471 g/mol. The van der Waals surface area contributed by atoms with E-state index in [2.05, 4.69) is 9.84 Å². The lowest BCUT2D eigenvalue weighted by Gasteiger charge is -2.08. The molecule has 1 amide bonds. The highest BCUT2D eigenvalue weighted by Crippen LogP contribution is 2.23. The molecule has 7 nitrogen and oxygen atoms in total. The highest BCUT2D eigenvalue weighted by Gasteiger charge is 2.26. The number of hydrogen-bond donors (Lipinski definition) is 1. The summed E-state index contributed by atoms with van der Waals surface area (Å²) in [5.74, 6) is -1.97. The first kappa shape index (κ1) is 23.3. The van der Waals surface area contributed by atoms with E-state index in [0.717, 1.165) is 6.07 Å². The first-order valence-corrected chi connectivity index (χ1v) is 11.5. The Labute approximate surface area is 192 Å². The first-order valence-electron chi connectivity index (χ1n) is 9.97. The number of alkyl halides is 2. The summed E-state index contributed by atoms with van der Waals surface area (Å²) < 4.78 is 72.1. The van der Waals surface area contributed by atoms with Crippen LogP contribution in [0, 0.1) is 12.7 Å². The van der Waals surface area contributed by atoms with Crippen LogP contribution in [-0.4, -0.2) is 30.7 Å². The van der Waals surface area contributed by atoms with Crippen molar-refractivity contribution in [2.45, 2.75) is 25.0 Å². The number of rotatable bonds is 7. The Kier molecular flexibility index (Phi) is 6.29. The molecule has 0 saturated carbocycles. The number of fused-ring (bicyclic) bond motifs is 1. The van der Waals surface area contributed by atoms with E-state index in [0.29, 0.717) is 16.5 Å². The van der Waals surface area contributed by atoms with E-state index in [1.807, 2.05) is 4.72 Å². The molecule has 1 aromatic heterocycles. The number of ether oxygens (including phenoxy) is 1. The highest BCUT2D eigenvalue weighted by molar-refractivity contribution is 7.90. The molecule has 0 atom stereocenters. The minimum absolute atomic E-state index is 0.00210. The van der Waals surface area contributed by atoms with Gasteiger partial charge >= 0.3 is 6.61 Å². The van der Waals surface area contributed by atoms with Crippen LogP contribution < -0.4 is 9.46 Å². The Hall–Kier alpha value is -3.86. The van der Waals surface area contributed by atoms with Gasteiger partial charge in [-0.05, 0) is 42.3 Å². The Morgan fingerprint density at radius 2 is 1.76 bits per heavy atom. The van der Waals surface area contributed by atoms with Crippen molar-refractivity contribution in [1.82, 2.24) is 14.5 Å². The van der Waals surface area contributed by atoms with E-state index >= 15 is 0 Å². The van der Waals surface area contributed by atoms with Crippen molar-refractivity contribution in [2.24, 2.45) is 0 Å².